The minimum Gasteiger partial charge on any atom is -0.365 e. The highest BCUT2D eigenvalue weighted by atomic mass is 16.2. The summed E-state index contributed by atoms with van der Waals surface area (Å²) in [6.45, 7) is 1.75. The number of nitrogens with one attached hydrogen (secondary N) is 1. The molecule has 10 heteroatoms. The number of tetrazole rings is 1. The Kier molecular flexibility index (Phi) is 3.50. The Bertz CT molecular complexity index is 611. The lowest BCUT2D eigenvalue weighted by atomic mass is 10.3. The van der Waals surface area contributed by atoms with Crippen LogP contribution in [0.15, 0.2) is 11.3 Å². The standard InChI is InChI=1S/C9H13N9O/c1-6-7(4-17(2)14-6)3-11-12-8(19)5-18-15-9(10)13-16-18/h3-4H,5H2,1-2H3,(H2,10,15)(H,12,19)/b11-3-. The molecule has 0 aliphatic carbocycles. The minimum absolute atomic E-state index is 0.0160. The molecule has 0 aromatic carbocycles. The molecule has 0 radical (unpaired) electrons. The SMILES string of the molecule is Cc1nn(C)cc1/C=N\NC(=O)Cn1nnc(N)n1. The third kappa shape index (κ3) is 3.34. The summed E-state index contributed by atoms with van der Waals surface area (Å²) in [6, 6.07) is 0. The lowest BCUT2D eigenvalue weighted by Crippen LogP contribution is -2.24. The number of hydrogen-bond donors (Lipinski definition) is 2. The number of aromatic nitrogens is 6. The fourth-order valence-corrected chi connectivity index (χ4v) is 1.40. The molecular weight excluding hydrogens is 250 g/mol. The molecule has 0 saturated heterocycles. The van der Waals surface area contributed by atoms with Crippen LogP contribution in [0.2, 0.25) is 0 Å². The number of nitrogen functional groups attached to an aromatic ring is 1. The zero-order valence-corrected chi connectivity index (χ0v) is 10.5. The number of amides is 1. The molecule has 0 aliphatic rings. The molecule has 0 atom stereocenters. The molecule has 0 saturated carbocycles. The van der Waals surface area contributed by atoms with E-state index in [1.54, 1.807) is 10.9 Å². The topological polar surface area (TPSA) is 129 Å². The van der Waals surface area contributed by atoms with Crippen LogP contribution in [0.4, 0.5) is 5.95 Å². The van der Waals surface area contributed by atoms with Crippen molar-refractivity contribution in [3.05, 3.63) is 17.5 Å². The maximum Gasteiger partial charge on any atom is 0.263 e. The van der Waals surface area contributed by atoms with Crippen LogP contribution in [0.1, 0.15) is 11.3 Å². The molecule has 10 nitrogen and oxygen atoms in total. The predicted molar refractivity (Wildman–Crippen MR) is 65.9 cm³/mol. The van der Waals surface area contributed by atoms with Gasteiger partial charge >= 0.3 is 0 Å². The van der Waals surface area contributed by atoms with Gasteiger partial charge in [-0.15, -0.1) is 5.10 Å². The summed E-state index contributed by atoms with van der Waals surface area (Å²) in [5, 5.41) is 18.7. The monoisotopic (exact) mass is 263 g/mol. The number of carbonyl (C=O) groups excluding carboxylic acids is 1. The molecule has 0 spiro atoms. The molecule has 0 bridgehead atoms. The van der Waals surface area contributed by atoms with Crippen molar-refractivity contribution in [1.29, 1.82) is 0 Å². The number of nitrogens with two attached hydrogens (primary N) is 1. The summed E-state index contributed by atoms with van der Waals surface area (Å²) in [5.41, 5.74) is 9.27. The molecular formula is C9H13N9O. The molecule has 0 unspecified atom stereocenters. The van der Waals surface area contributed by atoms with Crippen molar-refractivity contribution in [3.8, 4) is 0 Å². The molecule has 2 rings (SSSR count). The van der Waals surface area contributed by atoms with Crippen LogP contribution in [0, 0.1) is 6.92 Å². The average Bonchev–Trinajstić information content (AvgIpc) is 2.86. The first kappa shape index (κ1) is 12.7. The van der Waals surface area contributed by atoms with E-state index in [1.807, 2.05) is 14.0 Å². The van der Waals surface area contributed by atoms with Gasteiger partial charge in [0, 0.05) is 18.8 Å². The van der Waals surface area contributed by atoms with Gasteiger partial charge in [0.1, 0.15) is 6.54 Å². The number of rotatable bonds is 4. The van der Waals surface area contributed by atoms with Gasteiger partial charge in [-0.2, -0.15) is 15.0 Å². The number of nitrogens with zero attached hydrogens (tertiary/aromatic N) is 7. The van der Waals surface area contributed by atoms with Crippen molar-refractivity contribution in [2.24, 2.45) is 12.1 Å². The molecule has 3 N–H and O–H groups in total. The van der Waals surface area contributed by atoms with Crippen LogP contribution in [-0.4, -0.2) is 42.1 Å². The molecule has 19 heavy (non-hydrogen) atoms. The molecule has 0 fully saturated rings. The summed E-state index contributed by atoms with van der Waals surface area (Å²) in [7, 11) is 1.81. The van der Waals surface area contributed by atoms with Crippen molar-refractivity contribution < 1.29 is 4.79 Å². The highest BCUT2D eigenvalue weighted by Crippen LogP contribution is 2.00. The Morgan fingerprint density at radius 1 is 1.58 bits per heavy atom. The highest BCUT2D eigenvalue weighted by Gasteiger charge is 2.05. The number of hydrogen-bond acceptors (Lipinski definition) is 7. The molecule has 2 heterocycles. The number of carbonyl (C=O) groups is 1. The van der Waals surface area contributed by atoms with Gasteiger partial charge in [-0.05, 0) is 12.1 Å². The zero-order chi connectivity index (χ0) is 13.8. The van der Waals surface area contributed by atoms with E-state index in [2.05, 4.69) is 31.0 Å². The summed E-state index contributed by atoms with van der Waals surface area (Å²) in [5.74, 6) is -0.363. The smallest absolute Gasteiger partial charge is 0.263 e. The highest BCUT2D eigenvalue weighted by molar-refractivity contribution is 5.82. The molecule has 2 aromatic rings. The van der Waals surface area contributed by atoms with Crippen LogP contribution >= 0.6 is 0 Å². The number of anilines is 1. The predicted octanol–water partition coefficient (Wildman–Crippen LogP) is -1.55. The van der Waals surface area contributed by atoms with Crippen LogP contribution in [0.5, 0.6) is 0 Å². The molecule has 100 valence electrons. The van der Waals surface area contributed by atoms with Gasteiger partial charge in [0.15, 0.2) is 0 Å². The van der Waals surface area contributed by atoms with Crippen molar-refractivity contribution in [3.63, 3.8) is 0 Å². The second-order valence-corrected chi connectivity index (χ2v) is 3.81. The van der Waals surface area contributed by atoms with Crippen molar-refractivity contribution in [2.75, 3.05) is 5.73 Å². The van der Waals surface area contributed by atoms with Gasteiger partial charge in [0.2, 0.25) is 0 Å². The summed E-state index contributed by atoms with van der Waals surface area (Å²) in [4.78, 5) is 12.6. The van der Waals surface area contributed by atoms with E-state index in [0.29, 0.717) is 0 Å². The fraction of sp³-hybridized carbons (Fsp3) is 0.333. The third-order valence-corrected chi connectivity index (χ3v) is 2.20. The quantitative estimate of drug-likeness (QED) is 0.507. The maximum absolute atomic E-state index is 11.5. The normalized spacial score (nSPS) is 11.1. The first-order chi connectivity index (χ1) is 9.04. The summed E-state index contributed by atoms with van der Waals surface area (Å²) >= 11 is 0. The third-order valence-electron chi connectivity index (χ3n) is 2.20. The van der Waals surface area contributed by atoms with Crippen molar-refractivity contribution >= 4 is 18.1 Å². The van der Waals surface area contributed by atoms with Crippen LogP contribution < -0.4 is 11.2 Å². The number of aryl methyl sites for hydroxylation is 2. The van der Waals surface area contributed by atoms with Gasteiger partial charge < -0.3 is 5.73 Å². The van der Waals surface area contributed by atoms with E-state index in [4.69, 9.17) is 5.73 Å². The van der Waals surface area contributed by atoms with E-state index in [-0.39, 0.29) is 18.4 Å². The molecule has 2 aromatic heterocycles. The second kappa shape index (κ2) is 5.25. The first-order valence-corrected chi connectivity index (χ1v) is 5.40. The second-order valence-electron chi connectivity index (χ2n) is 3.81. The van der Waals surface area contributed by atoms with Gasteiger partial charge in [-0.25, -0.2) is 5.43 Å². The number of hydrazone groups is 1. The summed E-state index contributed by atoms with van der Waals surface area (Å²) < 4.78 is 1.67. The molecule has 1 amide bonds. The minimum atomic E-state index is -0.379. The van der Waals surface area contributed by atoms with Gasteiger partial charge in [0.25, 0.3) is 11.9 Å². The lowest BCUT2D eigenvalue weighted by Gasteiger charge is -1.97. The van der Waals surface area contributed by atoms with Gasteiger partial charge in [-0.3, -0.25) is 9.48 Å². The Balaban J connectivity index is 1.88. The van der Waals surface area contributed by atoms with Gasteiger partial charge in [0.05, 0.1) is 11.9 Å². The Morgan fingerprint density at radius 2 is 2.37 bits per heavy atom. The zero-order valence-electron chi connectivity index (χ0n) is 10.5. The molecule has 0 aliphatic heterocycles. The fourth-order valence-electron chi connectivity index (χ4n) is 1.40. The largest absolute Gasteiger partial charge is 0.365 e. The van der Waals surface area contributed by atoms with E-state index in [1.165, 1.54) is 6.21 Å². The van der Waals surface area contributed by atoms with Gasteiger partial charge in [-0.1, -0.05) is 5.10 Å². The van der Waals surface area contributed by atoms with Crippen LogP contribution in [0.25, 0.3) is 0 Å². The lowest BCUT2D eigenvalue weighted by molar-refractivity contribution is -0.122. The van der Waals surface area contributed by atoms with E-state index in [9.17, 15) is 4.79 Å². The Labute approximate surface area is 108 Å². The maximum atomic E-state index is 11.5. The van der Waals surface area contributed by atoms with Crippen molar-refractivity contribution in [1.82, 2.24) is 35.4 Å². The van der Waals surface area contributed by atoms with E-state index < -0.39 is 0 Å². The summed E-state index contributed by atoms with van der Waals surface area (Å²) in [6.07, 6.45) is 3.31. The van der Waals surface area contributed by atoms with Crippen LogP contribution in [-0.2, 0) is 18.4 Å². The van der Waals surface area contributed by atoms with E-state index >= 15 is 0 Å². The van der Waals surface area contributed by atoms with Crippen LogP contribution in [0.3, 0.4) is 0 Å². The van der Waals surface area contributed by atoms with Crippen molar-refractivity contribution in [2.45, 2.75) is 13.5 Å². The Morgan fingerprint density at radius 3 is 2.95 bits per heavy atom. The first-order valence-electron chi connectivity index (χ1n) is 5.40. The van der Waals surface area contributed by atoms with E-state index in [0.717, 1.165) is 16.1 Å². The Hall–Kier alpha value is -2.78. The average molecular weight is 263 g/mol.